The fourth-order valence-electron chi connectivity index (χ4n) is 1.83. The lowest BCUT2D eigenvalue weighted by atomic mass is 10.2. The van der Waals surface area contributed by atoms with Crippen LogP contribution in [-0.4, -0.2) is 23.7 Å². The van der Waals surface area contributed by atoms with Gasteiger partial charge in [-0.3, -0.25) is 0 Å². The van der Waals surface area contributed by atoms with E-state index in [-0.39, 0.29) is 0 Å². The molecule has 2 aromatic rings. The van der Waals surface area contributed by atoms with Crippen LogP contribution in [0.25, 0.3) is 0 Å². The Balaban J connectivity index is 2.06. The van der Waals surface area contributed by atoms with Crippen LogP contribution < -0.4 is 14.8 Å². The van der Waals surface area contributed by atoms with E-state index in [1.807, 2.05) is 38.1 Å². The summed E-state index contributed by atoms with van der Waals surface area (Å²) in [5.41, 5.74) is 1.12. The highest BCUT2D eigenvalue weighted by atomic mass is 16.5. The van der Waals surface area contributed by atoms with Crippen LogP contribution >= 0.6 is 0 Å². The van der Waals surface area contributed by atoms with Crippen LogP contribution in [0.4, 0.5) is 5.82 Å². The molecular weight excluding hydrogens is 254 g/mol. The molecule has 0 saturated heterocycles. The van der Waals surface area contributed by atoms with Crippen molar-refractivity contribution in [2.24, 2.45) is 0 Å². The van der Waals surface area contributed by atoms with Gasteiger partial charge in [0.2, 0.25) is 5.88 Å². The fraction of sp³-hybridized carbons (Fsp3) is 0.333. The number of nitrogens with one attached hydrogen (secondary N) is 1. The van der Waals surface area contributed by atoms with Crippen molar-refractivity contribution in [3.8, 4) is 11.6 Å². The van der Waals surface area contributed by atoms with E-state index in [0.29, 0.717) is 24.9 Å². The van der Waals surface area contributed by atoms with Crippen molar-refractivity contribution < 1.29 is 9.47 Å². The van der Waals surface area contributed by atoms with Gasteiger partial charge in [-0.2, -0.15) is 4.98 Å². The first-order valence-electron chi connectivity index (χ1n) is 6.56. The van der Waals surface area contributed by atoms with E-state index in [2.05, 4.69) is 15.3 Å². The van der Waals surface area contributed by atoms with Gasteiger partial charge in [0.05, 0.1) is 13.7 Å². The standard InChI is InChI=1S/C15H19N3O2/c1-4-20-15-9-14(17-11(2)18-15)16-10-12-6-5-7-13(8-12)19-3/h5-9H,4,10H2,1-3H3,(H,16,17,18). The zero-order valence-corrected chi connectivity index (χ0v) is 12.0. The van der Waals surface area contributed by atoms with Crippen LogP contribution in [0.2, 0.25) is 0 Å². The molecule has 5 heteroatoms. The first-order chi connectivity index (χ1) is 9.71. The third-order valence-corrected chi connectivity index (χ3v) is 2.71. The van der Waals surface area contributed by atoms with Gasteiger partial charge in [-0.05, 0) is 31.5 Å². The molecule has 106 valence electrons. The van der Waals surface area contributed by atoms with Gasteiger partial charge >= 0.3 is 0 Å². The molecule has 0 aliphatic carbocycles. The van der Waals surface area contributed by atoms with Gasteiger partial charge in [0, 0.05) is 12.6 Å². The van der Waals surface area contributed by atoms with Crippen LogP contribution in [0.15, 0.2) is 30.3 Å². The maximum absolute atomic E-state index is 5.40. The Morgan fingerprint density at radius 1 is 1.20 bits per heavy atom. The molecule has 1 aromatic carbocycles. The van der Waals surface area contributed by atoms with Gasteiger partial charge in [0.25, 0.3) is 0 Å². The number of hydrogen-bond acceptors (Lipinski definition) is 5. The van der Waals surface area contributed by atoms with E-state index in [0.717, 1.165) is 17.1 Å². The molecular formula is C15H19N3O2. The van der Waals surface area contributed by atoms with E-state index in [1.54, 1.807) is 13.2 Å². The smallest absolute Gasteiger partial charge is 0.218 e. The number of benzene rings is 1. The van der Waals surface area contributed by atoms with Crippen molar-refractivity contribution in [1.82, 2.24) is 9.97 Å². The molecule has 0 radical (unpaired) electrons. The molecule has 0 unspecified atom stereocenters. The molecule has 0 fully saturated rings. The van der Waals surface area contributed by atoms with Gasteiger partial charge < -0.3 is 14.8 Å². The molecule has 0 spiro atoms. The van der Waals surface area contributed by atoms with Crippen molar-refractivity contribution in [3.63, 3.8) is 0 Å². The van der Waals surface area contributed by atoms with Crippen LogP contribution in [0.5, 0.6) is 11.6 Å². The first kappa shape index (κ1) is 14.1. The number of rotatable bonds is 6. The van der Waals surface area contributed by atoms with E-state index in [9.17, 15) is 0 Å². The third-order valence-electron chi connectivity index (χ3n) is 2.71. The summed E-state index contributed by atoms with van der Waals surface area (Å²) >= 11 is 0. The van der Waals surface area contributed by atoms with Crippen molar-refractivity contribution in [2.75, 3.05) is 19.0 Å². The molecule has 20 heavy (non-hydrogen) atoms. The van der Waals surface area contributed by atoms with Gasteiger partial charge in [-0.1, -0.05) is 12.1 Å². The third kappa shape index (κ3) is 3.85. The quantitative estimate of drug-likeness (QED) is 0.877. The summed E-state index contributed by atoms with van der Waals surface area (Å²) in [5, 5.41) is 3.27. The zero-order valence-electron chi connectivity index (χ0n) is 12.0. The lowest BCUT2D eigenvalue weighted by Gasteiger charge is -2.09. The summed E-state index contributed by atoms with van der Waals surface area (Å²) in [6.45, 7) is 5.03. The second-order valence-corrected chi connectivity index (χ2v) is 4.28. The zero-order chi connectivity index (χ0) is 14.4. The van der Waals surface area contributed by atoms with E-state index in [1.165, 1.54) is 0 Å². The number of methoxy groups -OCH3 is 1. The highest BCUT2D eigenvalue weighted by molar-refractivity contribution is 5.40. The summed E-state index contributed by atoms with van der Waals surface area (Å²) in [6.07, 6.45) is 0. The Kier molecular flexibility index (Phi) is 4.76. The van der Waals surface area contributed by atoms with Crippen molar-refractivity contribution in [2.45, 2.75) is 20.4 Å². The Hall–Kier alpha value is -2.30. The monoisotopic (exact) mass is 273 g/mol. The predicted molar refractivity (Wildman–Crippen MR) is 78.3 cm³/mol. The van der Waals surface area contributed by atoms with Gasteiger partial charge in [-0.25, -0.2) is 4.98 Å². The van der Waals surface area contributed by atoms with Gasteiger partial charge in [0.15, 0.2) is 0 Å². The highest BCUT2D eigenvalue weighted by Crippen LogP contribution is 2.16. The average Bonchev–Trinajstić information content (AvgIpc) is 2.45. The molecule has 0 aliphatic rings. The van der Waals surface area contributed by atoms with E-state index in [4.69, 9.17) is 9.47 Å². The average molecular weight is 273 g/mol. The number of ether oxygens (including phenoxy) is 2. The predicted octanol–water partition coefficient (Wildman–Crippen LogP) is 2.80. The van der Waals surface area contributed by atoms with Crippen LogP contribution in [0.3, 0.4) is 0 Å². The molecule has 1 aromatic heterocycles. The number of anilines is 1. The second kappa shape index (κ2) is 6.75. The summed E-state index contributed by atoms with van der Waals surface area (Å²) in [6, 6.07) is 9.71. The second-order valence-electron chi connectivity index (χ2n) is 4.28. The number of aryl methyl sites for hydroxylation is 1. The van der Waals surface area contributed by atoms with E-state index < -0.39 is 0 Å². The minimum absolute atomic E-state index is 0.589. The molecule has 0 atom stereocenters. The molecule has 0 bridgehead atoms. The Labute approximate surface area is 119 Å². The number of hydrogen-bond donors (Lipinski definition) is 1. The van der Waals surface area contributed by atoms with Crippen molar-refractivity contribution in [1.29, 1.82) is 0 Å². The van der Waals surface area contributed by atoms with Crippen LogP contribution in [0.1, 0.15) is 18.3 Å². The van der Waals surface area contributed by atoms with E-state index >= 15 is 0 Å². The minimum Gasteiger partial charge on any atom is -0.497 e. The topological polar surface area (TPSA) is 56.3 Å². The lowest BCUT2D eigenvalue weighted by Crippen LogP contribution is -2.05. The minimum atomic E-state index is 0.589. The first-order valence-corrected chi connectivity index (χ1v) is 6.56. The van der Waals surface area contributed by atoms with Crippen molar-refractivity contribution in [3.05, 3.63) is 41.7 Å². The number of nitrogens with zero attached hydrogens (tertiary/aromatic N) is 2. The summed E-state index contributed by atoms with van der Waals surface area (Å²) < 4.78 is 10.6. The SMILES string of the molecule is CCOc1cc(NCc2cccc(OC)c2)nc(C)n1. The van der Waals surface area contributed by atoms with Crippen molar-refractivity contribution >= 4 is 5.82 Å². The Morgan fingerprint density at radius 2 is 2.05 bits per heavy atom. The molecule has 5 nitrogen and oxygen atoms in total. The molecule has 1 N–H and O–H groups in total. The maximum atomic E-state index is 5.40. The molecule has 2 rings (SSSR count). The fourth-order valence-corrected chi connectivity index (χ4v) is 1.83. The van der Waals surface area contributed by atoms with Gasteiger partial charge in [0.1, 0.15) is 17.4 Å². The maximum Gasteiger partial charge on any atom is 0.218 e. The molecule has 0 amide bonds. The summed E-state index contributed by atoms with van der Waals surface area (Å²) in [4.78, 5) is 8.55. The Morgan fingerprint density at radius 3 is 2.80 bits per heavy atom. The molecule has 0 saturated carbocycles. The highest BCUT2D eigenvalue weighted by Gasteiger charge is 2.03. The van der Waals surface area contributed by atoms with Crippen LogP contribution in [-0.2, 0) is 6.54 Å². The van der Waals surface area contributed by atoms with Gasteiger partial charge in [-0.15, -0.1) is 0 Å². The Bertz CT molecular complexity index is 573. The van der Waals surface area contributed by atoms with Crippen LogP contribution in [0, 0.1) is 6.92 Å². The summed E-state index contributed by atoms with van der Waals surface area (Å²) in [7, 11) is 1.66. The largest absolute Gasteiger partial charge is 0.497 e. The molecule has 0 aliphatic heterocycles. The lowest BCUT2D eigenvalue weighted by molar-refractivity contribution is 0.325. The molecule has 1 heterocycles. The normalized spacial score (nSPS) is 10.2. The summed E-state index contributed by atoms with van der Waals surface area (Å²) in [5.74, 6) is 2.87. The number of aromatic nitrogens is 2.